The van der Waals surface area contributed by atoms with Crippen molar-refractivity contribution in [3.63, 3.8) is 0 Å². The fourth-order valence-corrected chi connectivity index (χ4v) is 1.37. The van der Waals surface area contributed by atoms with Crippen molar-refractivity contribution < 1.29 is 4.74 Å². The van der Waals surface area contributed by atoms with E-state index < -0.39 is 11.1 Å². The minimum Gasteiger partial charge on any atom is -0.497 e. The normalized spacial score (nSPS) is 10.1. The summed E-state index contributed by atoms with van der Waals surface area (Å²) < 4.78 is 6.28. The van der Waals surface area contributed by atoms with Crippen molar-refractivity contribution in [1.29, 1.82) is 0 Å². The minimum atomic E-state index is -0.640. The molecule has 0 aliphatic rings. The molecule has 82 valence electrons. The molecule has 1 heterocycles. The van der Waals surface area contributed by atoms with Gasteiger partial charge in [0.05, 0.1) is 7.11 Å². The van der Waals surface area contributed by atoms with Crippen LogP contribution in [-0.2, 0) is 0 Å². The lowest BCUT2D eigenvalue weighted by Crippen LogP contribution is -2.34. The number of nitrogens with one attached hydrogen (secondary N) is 1. The van der Waals surface area contributed by atoms with Gasteiger partial charge in [0, 0.05) is 18.1 Å². The Labute approximate surface area is 90.9 Å². The van der Waals surface area contributed by atoms with Crippen molar-refractivity contribution in [3.8, 4) is 11.4 Å². The average molecular weight is 218 g/mol. The van der Waals surface area contributed by atoms with E-state index in [9.17, 15) is 9.59 Å². The zero-order valence-electron chi connectivity index (χ0n) is 8.64. The van der Waals surface area contributed by atoms with Crippen LogP contribution in [0.15, 0.2) is 46.2 Å². The van der Waals surface area contributed by atoms with E-state index in [1.165, 1.54) is 17.0 Å². The molecule has 2 aromatic rings. The summed E-state index contributed by atoms with van der Waals surface area (Å²) >= 11 is 0. The SMILES string of the molecule is COc1ccc(-n2cc[nH]c(=O)c2=O)cc1. The first kappa shape index (κ1) is 10.2. The number of aromatic amines is 1. The number of hydrogen-bond acceptors (Lipinski definition) is 3. The van der Waals surface area contributed by atoms with Crippen molar-refractivity contribution >= 4 is 0 Å². The molecule has 1 aromatic carbocycles. The van der Waals surface area contributed by atoms with Gasteiger partial charge in [-0.2, -0.15) is 0 Å². The fraction of sp³-hybridized carbons (Fsp3) is 0.0909. The molecule has 0 aliphatic heterocycles. The van der Waals surface area contributed by atoms with Gasteiger partial charge in [0.25, 0.3) is 0 Å². The smallest absolute Gasteiger partial charge is 0.320 e. The first-order valence-electron chi connectivity index (χ1n) is 4.67. The molecule has 0 amide bonds. The molecule has 0 unspecified atom stereocenters. The van der Waals surface area contributed by atoms with Crippen LogP contribution < -0.4 is 15.9 Å². The Bertz CT molecular complexity index is 596. The summed E-state index contributed by atoms with van der Waals surface area (Å²) in [4.78, 5) is 25.0. The largest absolute Gasteiger partial charge is 0.497 e. The molecule has 1 aromatic heterocycles. The summed E-state index contributed by atoms with van der Waals surface area (Å²) in [5.41, 5.74) is -0.622. The summed E-state index contributed by atoms with van der Waals surface area (Å²) in [6.45, 7) is 0. The van der Waals surface area contributed by atoms with Crippen molar-refractivity contribution in [3.05, 3.63) is 57.4 Å². The number of hydrogen-bond donors (Lipinski definition) is 1. The van der Waals surface area contributed by atoms with Crippen LogP contribution >= 0.6 is 0 Å². The van der Waals surface area contributed by atoms with Crippen molar-refractivity contribution in [2.45, 2.75) is 0 Å². The lowest BCUT2D eigenvalue weighted by atomic mass is 10.3. The summed E-state index contributed by atoms with van der Waals surface area (Å²) in [6.07, 6.45) is 2.93. The van der Waals surface area contributed by atoms with Gasteiger partial charge < -0.3 is 9.72 Å². The molecular formula is C11H10N2O3. The van der Waals surface area contributed by atoms with Gasteiger partial charge in [-0.25, -0.2) is 0 Å². The number of methoxy groups -OCH3 is 1. The van der Waals surface area contributed by atoms with Crippen molar-refractivity contribution in [2.24, 2.45) is 0 Å². The van der Waals surface area contributed by atoms with Crippen LogP contribution in [0.3, 0.4) is 0 Å². The second-order valence-electron chi connectivity index (χ2n) is 3.16. The molecule has 0 aliphatic carbocycles. The topological polar surface area (TPSA) is 64.1 Å². The molecule has 0 radical (unpaired) electrons. The third kappa shape index (κ3) is 1.75. The van der Waals surface area contributed by atoms with E-state index >= 15 is 0 Å². The van der Waals surface area contributed by atoms with Crippen LogP contribution in [0.5, 0.6) is 5.75 Å². The Morgan fingerprint density at radius 1 is 1.19 bits per heavy atom. The predicted molar refractivity (Wildman–Crippen MR) is 59.2 cm³/mol. The standard InChI is InChI=1S/C11H10N2O3/c1-16-9-4-2-8(3-5-9)13-7-6-12-10(14)11(13)15/h2-7H,1H3,(H,12,14). The zero-order valence-corrected chi connectivity index (χ0v) is 8.64. The molecule has 0 bridgehead atoms. The highest BCUT2D eigenvalue weighted by Crippen LogP contribution is 2.12. The van der Waals surface area contributed by atoms with Gasteiger partial charge in [-0.15, -0.1) is 0 Å². The van der Waals surface area contributed by atoms with Gasteiger partial charge in [-0.05, 0) is 24.3 Å². The number of nitrogens with zero attached hydrogens (tertiary/aromatic N) is 1. The van der Waals surface area contributed by atoms with E-state index in [2.05, 4.69) is 4.98 Å². The van der Waals surface area contributed by atoms with E-state index in [0.29, 0.717) is 11.4 Å². The van der Waals surface area contributed by atoms with Gasteiger partial charge in [0.2, 0.25) is 0 Å². The molecule has 0 saturated heterocycles. The Morgan fingerprint density at radius 3 is 2.50 bits per heavy atom. The molecule has 1 N–H and O–H groups in total. The van der Waals surface area contributed by atoms with Crippen LogP contribution in [0.2, 0.25) is 0 Å². The molecule has 5 nitrogen and oxygen atoms in total. The quantitative estimate of drug-likeness (QED) is 0.748. The van der Waals surface area contributed by atoms with Gasteiger partial charge in [0.15, 0.2) is 0 Å². The van der Waals surface area contributed by atoms with E-state index in [0.717, 1.165) is 0 Å². The first-order chi connectivity index (χ1) is 7.72. The predicted octanol–water partition coefficient (Wildman–Crippen LogP) is 0.534. The second kappa shape index (κ2) is 4.06. The molecule has 0 saturated carbocycles. The number of benzene rings is 1. The Balaban J connectivity index is 2.55. The Hall–Kier alpha value is -2.30. The third-order valence-corrected chi connectivity index (χ3v) is 2.20. The van der Waals surface area contributed by atoms with Gasteiger partial charge in [0.1, 0.15) is 5.75 Å². The molecule has 2 rings (SSSR count). The molecular weight excluding hydrogens is 208 g/mol. The molecule has 16 heavy (non-hydrogen) atoms. The van der Waals surface area contributed by atoms with E-state index in [-0.39, 0.29) is 0 Å². The van der Waals surface area contributed by atoms with Crippen LogP contribution in [0, 0.1) is 0 Å². The van der Waals surface area contributed by atoms with Crippen LogP contribution in [0.1, 0.15) is 0 Å². The van der Waals surface area contributed by atoms with E-state index in [4.69, 9.17) is 4.74 Å². The lowest BCUT2D eigenvalue weighted by Gasteiger charge is -2.05. The average Bonchev–Trinajstić information content (AvgIpc) is 2.33. The van der Waals surface area contributed by atoms with Crippen LogP contribution in [-0.4, -0.2) is 16.7 Å². The maximum atomic E-state index is 11.5. The number of H-pyrrole nitrogens is 1. The molecule has 0 fully saturated rings. The maximum Gasteiger partial charge on any atom is 0.320 e. The van der Waals surface area contributed by atoms with E-state index in [1.54, 1.807) is 31.4 Å². The molecule has 5 heteroatoms. The highest BCUT2D eigenvalue weighted by Gasteiger charge is 2.01. The summed E-state index contributed by atoms with van der Waals surface area (Å²) in [7, 11) is 1.56. The second-order valence-corrected chi connectivity index (χ2v) is 3.16. The maximum absolute atomic E-state index is 11.5. The number of rotatable bonds is 2. The summed E-state index contributed by atoms with van der Waals surface area (Å²) in [5.74, 6) is 0.696. The van der Waals surface area contributed by atoms with Gasteiger partial charge >= 0.3 is 11.1 Å². The molecule has 0 spiro atoms. The summed E-state index contributed by atoms with van der Waals surface area (Å²) in [6, 6.07) is 6.87. The third-order valence-electron chi connectivity index (χ3n) is 2.20. The van der Waals surface area contributed by atoms with E-state index in [1.807, 2.05) is 0 Å². The Morgan fingerprint density at radius 2 is 1.88 bits per heavy atom. The van der Waals surface area contributed by atoms with Gasteiger partial charge in [-0.1, -0.05) is 0 Å². The first-order valence-corrected chi connectivity index (χ1v) is 4.67. The highest BCUT2D eigenvalue weighted by molar-refractivity contribution is 5.37. The fourth-order valence-electron chi connectivity index (χ4n) is 1.37. The van der Waals surface area contributed by atoms with Gasteiger partial charge in [-0.3, -0.25) is 14.2 Å². The lowest BCUT2D eigenvalue weighted by molar-refractivity contribution is 0.414. The van der Waals surface area contributed by atoms with Crippen molar-refractivity contribution in [1.82, 2.24) is 9.55 Å². The zero-order chi connectivity index (χ0) is 11.5. The van der Waals surface area contributed by atoms with Crippen molar-refractivity contribution in [2.75, 3.05) is 7.11 Å². The number of ether oxygens (including phenoxy) is 1. The highest BCUT2D eigenvalue weighted by atomic mass is 16.5. The Kier molecular flexibility index (Phi) is 2.59. The minimum absolute atomic E-state index is 0.604. The number of aromatic nitrogens is 2. The monoisotopic (exact) mass is 218 g/mol. The summed E-state index contributed by atoms with van der Waals surface area (Å²) in [5, 5.41) is 0. The molecule has 0 atom stereocenters. The van der Waals surface area contributed by atoms with Crippen LogP contribution in [0.4, 0.5) is 0 Å². The van der Waals surface area contributed by atoms with Crippen LogP contribution in [0.25, 0.3) is 5.69 Å².